The van der Waals surface area contributed by atoms with Crippen molar-refractivity contribution in [2.75, 3.05) is 31.1 Å². The number of hydrogen-bond donors (Lipinski definition) is 1. The van der Waals surface area contributed by atoms with Gasteiger partial charge in [0.1, 0.15) is 0 Å². The summed E-state index contributed by atoms with van der Waals surface area (Å²) in [6.45, 7) is 2.76. The summed E-state index contributed by atoms with van der Waals surface area (Å²) in [6, 6.07) is 0. The second-order valence-corrected chi connectivity index (χ2v) is 7.67. The Morgan fingerprint density at radius 3 is 2.35 bits per heavy atom. The van der Waals surface area contributed by atoms with Crippen LogP contribution in [-0.2, 0) is 9.84 Å². The second-order valence-electron chi connectivity index (χ2n) is 5.45. The molecule has 2 atom stereocenters. The van der Waals surface area contributed by atoms with Gasteiger partial charge in [-0.15, -0.1) is 0 Å². The molecule has 2 saturated heterocycles. The average molecular weight is 261 g/mol. The van der Waals surface area contributed by atoms with E-state index in [1.807, 2.05) is 0 Å². The molecule has 100 valence electrons. The lowest BCUT2D eigenvalue weighted by molar-refractivity contribution is 0.0736. The molecule has 4 nitrogen and oxygen atoms in total. The van der Waals surface area contributed by atoms with Gasteiger partial charge in [0.05, 0.1) is 17.6 Å². The van der Waals surface area contributed by atoms with Gasteiger partial charge in [-0.1, -0.05) is 12.8 Å². The molecule has 5 heteroatoms. The molecule has 0 radical (unpaired) electrons. The molecule has 2 heterocycles. The van der Waals surface area contributed by atoms with Gasteiger partial charge in [-0.05, 0) is 32.4 Å². The fraction of sp³-hybridized carbons (Fsp3) is 1.00. The summed E-state index contributed by atoms with van der Waals surface area (Å²) in [6.07, 6.45) is 5.14. The standard InChI is InChI=1S/C12H23NO3S/c14-12(11-5-8-17(15,16)10-11)9-13-6-3-1-2-4-7-13/h11-12,14H,1-10H2. The first-order valence-corrected chi connectivity index (χ1v) is 8.50. The second kappa shape index (κ2) is 5.67. The molecule has 2 fully saturated rings. The SMILES string of the molecule is O=S1(=O)CCC(C(O)CN2CCCCCC2)C1. The zero-order valence-electron chi connectivity index (χ0n) is 10.3. The predicted molar refractivity (Wildman–Crippen MR) is 67.7 cm³/mol. The average Bonchev–Trinajstić information content (AvgIpc) is 2.50. The normalized spacial score (nSPS) is 32.2. The Morgan fingerprint density at radius 1 is 1.18 bits per heavy atom. The first kappa shape index (κ1) is 13.3. The van der Waals surface area contributed by atoms with Crippen LogP contribution >= 0.6 is 0 Å². The molecular weight excluding hydrogens is 238 g/mol. The zero-order valence-corrected chi connectivity index (χ0v) is 11.2. The van der Waals surface area contributed by atoms with E-state index in [0.29, 0.717) is 13.0 Å². The van der Waals surface area contributed by atoms with Crippen LogP contribution in [0.2, 0.25) is 0 Å². The van der Waals surface area contributed by atoms with E-state index in [9.17, 15) is 13.5 Å². The molecule has 0 spiro atoms. The maximum Gasteiger partial charge on any atom is 0.150 e. The van der Waals surface area contributed by atoms with Crippen molar-refractivity contribution in [3.8, 4) is 0 Å². The molecular formula is C12H23NO3S. The van der Waals surface area contributed by atoms with Gasteiger partial charge in [0.15, 0.2) is 9.84 Å². The summed E-state index contributed by atoms with van der Waals surface area (Å²) in [5, 5.41) is 10.1. The lowest BCUT2D eigenvalue weighted by Crippen LogP contribution is -2.37. The number of hydrogen-bond acceptors (Lipinski definition) is 4. The Hall–Kier alpha value is -0.130. The highest BCUT2D eigenvalue weighted by Gasteiger charge is 2.33. The topological polar surface area (TPSA) is 57.6 Å². The molecule has 2 aliphatic heterocycles. The Bertz CT molecular complexity index is 334. The maximum absolute atomic E-state index is 11.4. The van der Waals surface area contributed by atoms with Gasteiger partial charge < -0.3 is 10.0 Å². The van der Waals surface area contributed by atoms with Crippen molar-refractivity contribution < 1.29 is 13.5 Å². The third-order valence-corrected chi connectivity index (χ3v) is 5.75. The van der Waals surface area contributed by atoms with Crippen molar-refractivity contribution in [3.05, 3.63) is 0 Å². The molecule has 0 bridgehead atoms. The fourth-order valence-corrected chi connectivity index (χ4v) is 4.73. The number of sulfone groups is 1. The predicted octanol–water partition coefficient (Wildman–Crippen LogP) is 0.658. The molecule has 1 N–H and O–H groups in total. The van der Waals surface area contributed by atoms with E-state index >= 15 is 0 Å². The van der Waals surface area contributed by atoms with Gasteiger partial charge in [-0.3, -0.25) is 0 Å². The van der Waals surface area contributed by atoms with E-state index in [2.05, 4.69) is 4.90 Å². The van der Waals surface area contributed by atoms with Crippen LogP contribution in [0, 0.1) is 5.92 Å². The highest BCUT2D eigenvalue weighted by Crippen LogP contribution is 2.23. The van der Waals surface area contributed by atoms with Crippen molar-refractivity contribution >= 4 is 9.84 Å². The lowest BCUT2D eigenvalue weighted by Gasteiger charge is -2.25. The van der Waals surface area contributed by atoms with Crippen LogP contribution in [0.4, 0.5) is 0 Å². The Kier molecular flexibility index (Phi) is 4.44. The summed E-state index contributed by atoms with van der Waals surface area (Å²) in [7, 11) is -2.87. The number of aliphatic hydroxyl groups excluding tert-OH is 1. The number of β-amino-alcohol motifs (C(OH)–C–C–N with tert-alkyl or cyclic N) is 1. The highest BCUT2D eigenvalue weighted by atomic mass is 32.2. The van der Waals surface area contributed by atoms with Gasteiger partial charge in [0, 0.05) is 12.5 Å². The maximum atomic E-state index is 11.4. The monoisotopic (exact) mass is 261 g/mol. The van der Waals surface area contributed by atoms with Crippen molar-refractivity contribution in [1.82, 2.24) is 4.90 Å². The first-order chi connectivity index (χ1) is 8.07. The molecule has 0 aromatic heterocycles. The first-order valence-electron chi connectivity index (χ1n) is 6.68. The Labute approximate surface area is 104 Å². The zero-order chi connectivity index (χ0) is 12.3. The molecule has 0 aromatic carbocycles. The van der Waals surface area contributed by atoms with E-state index in [-0.39, 0.29) is 17.4 Å². The van der Waals surface area contributed by atoms with Crippen molar-refractivity contribution in [3.63, 3.8) is 0 Å². The van der Waals surface area contributed by atoms with Crippen molar-refractivity contribution in [1.29, 1.82) is 0 Å². The minimum absolute atomic E-state index is 0.0387. The van der Waals surface area contributed by atoms with Gasteiger partial charge in [-0.2, -0.15) is 0 Å². The smallest absolute Gasteiger partial charge is 0.150 e. The number of aliphatic hydroxyl groups is 1. The molecule has 2 unspecified atom stereocenters. The fourth-order valence-electron chi connectivity index (χ4n) is 2.86. The Balaban J connectivity index is 1.82. The number of nitrogens with zero attached hydrogens (tertiary/aromatic N) is 1. The van der Waals surface area contributed by atoms with Crippen LogP contribution in [0.15, 0.2) is 0 Å². The molecule has 0 saturated carbocycles. The quantitative estimate of drug-likeness (QED) is 0.811. The van der Waals surface area contributed by atoms with Crippen molar-refractivity contribution in [2.45, 2.75) is 38.2 Å². The summed E-state index contributed by atoms with van der Waals surface area (Å²) in [5.74, 6) is 0.403. The van der Waals surface area contributed by atoms with E-state index in [1.54, 1.807) is 0 Å². The molecule has 2 aliphatic rings. The third kappa shape index (κ3) is 3.93. The molecule has 17 heavy (non-hydrogen) atoms. The largest absolute Gasteiger partial charge is 0.391 e. The Morgan fingerprint density at radius 2 is 1.82 bits per heavy atom. The molecule has 0 aromatic rings. The van der Waals surface area contributed by atoms with Crippen LogP contribution in [0.25, 0.3) is 0 Å². The van der Waals surface area contributed by atoms with Crippen molar-refractivity contribution in [2.24, 2.45) is 5.92 Å². The van der Waals surface area contributed by atoms with Crippen LogP contribution in [0.3, 0.4) is 0 Å². The molecule has 0 aliphatic carbocycles. The molecule has 2 rings (SSSR count). The summed E-state index contributed by atoms with van der Waals surface area (Å²) >= 11 is 0. The minimum atomic E-state index is -2.87. The van der Waals surface area contributed by atoms with E-state index in [0.717, 1.165) is 13.1 Å². The highest BCUT2D eigenvalue weighted by molar-refractivity contribution is 7.91. The van der Waals surface area contributed by atoms with Crippen LogP contribution < -0.4 is 0 Å². The van der Waals surface area contributed by atoms with E-state index in [4.69, 9.17) is 0 Å². The number of likely N-dealkylation sites (tertiary alicyclic amines) is 1. The summed E-state index contributed by atoms with van der Waals surface area (Å²) < 4.78 is 22.7. The van der Waals surface area contributed by atoms with Gasteiger partial charge >= 0.3 is 0 Å². The third-order valence-electron chi connectivity index (χ3n) is 3.96. The van der Waals surface area contributed by atoms with Crippen LogP contribution in [0.5, 0.6) is 0 Å². The minimum Gasteiger partial charge on any atom is -0.391 e. The molecule has 0 amide bonds. The van der Waals surface area contributed by atoms with E-state index in [1.165, 1.54) is 25.7 Å². The number of rotatable bonds is 3. The van der Waals surface area contributed by atoms with Gasteiger partial charge in [-0.25, -0.2) is 8.42 Å². The van der Waals surface area contributed by atoms with Gasteiger partial charge in [0.25, 0.3) is 0 Å². The van der Waals surface area contributed by atoms with Crippen LogP contribution in [0.1, 0.15) is 32.1 Å². The van der Waals surface area contributed by atoms with E-state index < -0.39 is 15.9 Å². The summed E-state index contributed by atoms with van der Waals surface area (Å²) in [4.78, 5) is 2.29. The van der Waals surface area contributed by atoms with Gasteiger partial charge in [0.2, 0.25) is 0 Å². The van der Waals surface area contributed by atoms with Crippen LogP contribution in [-0.4, -0.2) is 55.7 Å². The lowest BCUT2D eigenvalue weighted by atomic mass is 10.0. The summed E-state index contributed by atoms with van der Waals surface area (Å²) in [5.41, 5.74) is 0.